The lowest BCUT2D eigenvalue weighted by Crippen LogP contribution is -2.44. The van der Waals surface area contributed by atoms with Crippen LogP contribution < -0.4 is 24.8 Å². The standard InChI is InChI=1S/C33H43N3O5/c1-38-30-22-28(23-31(39-2)32(30)41-25-27-12-7-4-8-13-27)33(37)35-17-9-16-34-29-14-18-36(19-15-29)20-21-40-24-26-10-5-3-6-11-26/h3-8,10-13,22-23,29,34H,9,14-21,24-25H2,1-2H3,(H,35,37). The van der Waals surface area contributed by atoms with E-state index in [4.69, 9.17) is 18.9 Å². The molecule has 8 nitrogen and oxygen atoms in total. The Balaban J connectivity index is 1.12. The van der Waals surface area contributed by atoms with Crippen molar-refractivity contribution in [3.63, 3.8) is 0 Å². The number of likely N-dealkylation sites (tertiary alicyclic amines) is 1. The van der Waals surface area contributed by atoms with Crippen molar-refractivity contribution >= 4 is 5.91 Å². The van der Waals surface area contributed by atoms with Crippen molar-refractivity contribution in [3.05, 3.63) is 89.5 Å². The van der Waals surface area contributed by atoms with Crippen LogP contribution in [0, 0.1) is 0 Å². The first-order valence-electron chi connectivity index (χ1n) is 14.4. The molecule has 3 aromatic carbocycles. The van der Waals surface area contributed by atoms with Gasteiger partial charge in [-0.2, -0.15) is 0 Å². The number of ether oxygens (including phenoxy) is 4. The van der Waals surface area contributed by atoms with Crippen LogP contribution in [0.4, 0.5) is 0 Å². The summed E-state index contributed by atoms with van der Waals surface area (Å²) in [6.45, 7) is 6.38. The van der Waals surface area contributed by atoms with Gasteiger partial charge in [0.15, 0.2) is 11.5 Å². The number of benzene rings is 3. The van der Waals surface area contributed by atoms with Crippen LogP contribution in [0.25, 0.3) is 0 Å². The lowest BCUT2D eigenvalue weighted by molar-refractivity contribution is 0.0822. The van der Waals surface area contributed by atoms with Gasteiger partial charge in [0.2, 0.25) is 5.75 Å². The Morgan fingerprint density at radius 1 is 0.854 bits per heavy atom. The number of nitrogens with one attached hydrogen (secondary N) is 2. The number of nitrogens with zero attached hydrogens (tertiary/aromatic N) is 1. The highest BCUT2D eigenvalue weighted by atomic mass is 16.5. The van der Waals surface area contributed by atoms with E-state index in [1.807, 2.05) is 48.5 Å². The van der Waals surface area contributed by atoms with Crippen molar-refractivity contribution in [3.8, 4) is 17.2 Å². The SMILES string of the molecule is COc1cc(C(=O)NCCCNC2CCN(CCOCc3ccccc3)CC2)cc(OC)c1OCc1ccccc1. The normalized spacial score (nSPS) is 14.0. The highest BCUT2D eigenvalue weighted by Gasteiger charge is 2.19. The van der Waals surface area contributed by atoms with E-state index in [1.54, 1.807) is 26.4 Å². The van der Waals surface area contributed by atoms with E-state index in [1.165, 1.54) is 5.56 Å². The van der Waals surface area contributed by atoms with Crippen LogP contribution in [0.3, 0.4) is 0 Å². The Kier molecular flexibility index (Phi) is 12.3. The first-order valence-corrected chi connectivity index (χ1v) is 14.4. The maximum atomic E-state index is 12.9. The van der Waals surface area contributed by atoms with Gasteiger partial charge in [-0.1, -0.05) is 60.7 Å². The number of methoxy groups -OCH3 is 2. The van der Waals surface area contributed by atoms with Crippen LogP contribution in [-0.2, 0) is 18.0 Å². The molecule has 220 valence electrons. The minimum atomic E-state index is -0.168. The molecule has 1 amide bonds. The third kappa shape index (κ3) is 9.78. The molecule has 41 heavy (non-hydrogen) atoms. The number of carbonyl (C=O) groups excluding carboxylic acids is 1. The van der Waals surface area contributed by atoms with E-state index in [0.717, 1.165) is 57.6 Å². The van der Waals surface area contributed by atoms with Gasteiger partial charge in [-0.15, -0.1) is 0 Å². The predicted octanol–water partition coefficient (Wildman–Crippen LogP) is 4.67. The summed E-state index contributed by atoms with van der Waals surface area (Å²) in [5.74, 6) is 1.23. The quantitative estimate of drug-likeness (QED) is 0.246. The fourth-order valence-electron chi connectivity index (χ4n) is 4.90. The molecule has 0 aliphatic carbocycles. The molecule has 0 aromatic heterocycles. The van der Waals surface area contributed by atoms with Crippen LogP contribution in [0.15, 0.2) is 72.8 Å². The van der Waals surface area contributed by atoms with Crippen molar-refractivity contribution < 1.29 is 23.7 Å². The summed E-state index contributed by atoms with van der Waals surface area (Å²) < 4.78 is 22.9. The molecule has 1 aliphatic heterocycles. The number of amides is 1. The Morgan fingerprint density at radius 2 is 1.46 bits per heavy atom. The molecule has 0 unspecified atom stereocenters. The number of carbonyl (C=O) groups is 1. The van der Waals surface area contributed by atoms with Gasteiger partial charge in [0.25, 0.3) is 5.91 Å². The summed E-state index contributed by atoms with van der Waals surface area (Å²) >= 11 is 0. The van der Waals surface area contributed by atoms with E-state index in [-0.39, 0.29) is 5.91 Å². The van der Waals surface area contributed by atoms with Gasteiger partial charge < -0.3 is 34.5 Å². The fraction of sp³-hybridized carbons (Fsp3) is 0.424. The van der Waals surface area contributed by atoms with Crippen LogP contribution in [0.5, 0.6) is 17.2 Å². The second-order valence-electron chi connectivity index (χ2n) is 10.2. The maximum Gasteiger partial charge on any atom is 0.251 e. The zero-order valence-electron chi connectivity index (χ0n) is 24.3. The summed E-state index contributed by atoms with van der Waals surface area (Å²) in [7, 11) is 3.11. The molecule has 1 fully saturated rings. The molecule has 0 radical (unpaired) electrons. The molecule has 8 heteroatoms. The van der Waals surface area contributed by atoms with Crippen molar-refractivity contribution in [2.75, 3.05) is 53.6 Å². The molecule has 0 saturated carbocycles. The summed E-state index contributed by atoms with van der Waals surface area (Å²) in [5, 5.41) is 6.66. The topological polar surface area (TPSA) is 81.3 Å². The number of rotatable bonds is 16. The van der Waals surface area contributed by atoms with Crippen molar-refractivity contribution in [2.45, 2.75) is 38.5 Å². The summed E-state index contributed by atoms with van der Waals surface area (Å²) in [6.07, 6.45) is 3.11. The zero-order chi connectivity index (χ0) is 28.7. The largest absolute Gasteiger partial charge is 0.493 e. The van der Waals surface area contributed by atoms with Crippen LogP contribution in [-0.4, -0.2) is 70.4 Å². The molecule has 3 aromatic rings. The van der Waals surface area contributed by atoms with Crippen molar-refractivity contribution in [2.24, 2.45) is 0 Å². The van der Waals surface area contributed by atoms with Gasteiger partial charge in [-0.05, 0) is 62.2 Å². The Hall–Kier alpha value is -3.59. The molecule has 1 saturated heterocycles. The molecule has 1 aliphatic rings. The van der Waals surface area contributed by atoms with E-state index in [2.05, 4.69) is 27.7 Å². The Morgan fingerprint density at radius 3 is 2.07 bits per heavy atom. The average molecular weight is 562 g/mol. The molecule has 2 N–H and O–H groups in total. The Labute approximate surface area is 243 Å². The van der Waals surface area contributed by atoms with E-state index >= 15 is 0 Å². The van der Waals surface area contributed by atoms with Crippen LogP contribution in [0.2, 0.25) is 0 Å². The van der Waals surface area contributed by atoms with Crippen LogP contribution in [0.1, 0.15) is 40.7 Å². The first kappa shape index (κ1) is 30.4. The van der Waals surface area contributed by atoms with Crippen molar-refractivity contribution in [1.82, 2.24) is 15.5 Å². The van der Waals surface area contributed by atoms with Crippen molar-refractivity contribution in [1.29, 1.82) is 0 Å². The summed E-state index contributed by atoms with van der Waals surface area (Å²) in [6, 6.07) is 24.1. The maximum absolute atomic E-state index is 12.9. The second kappa shape index (κ2) is 16.6. The number of hydrogen-bond acceptors (Lipinski definition) is 7. The third-order valence-electron chi connectivity index (χ3n) is 7.27. The first-order chi connectivity index (χ1) is 20.2. The lowest BCUT2D eigenvalue weighted by atomic mass is 10.1. The predicted molar refractivity (Wildman–Crippen MR) is 161 cm³/mol. The van der Waals surface area contributed by atoms with Gasteiger partial charge in [-0.25, -0.2) is 0 Å². The zero-order valence-corrected chi connectivity index (χ0v) is 24.3. The highest BCUT2D eigenvalue weighted by molar-refractivity contribution is 5.95. The van der Waals surface area contributed by atoms with E-state index in [0.29, 0.717) is 48.6 Å². The molecule has 0 atom stereocenters. The summed E-state index contributed by atoms with van der Waals surface area (Å²) in [5.41, 5.74) is 2.72. The lowest BCUT2D eigenvalue weighted by Gasteiger charge is -2.32. The minimum Gasteiger partial charge on any atom is -0.493 e. The van der Waals surface area contributed by atoms with E-state index in [9.17, 15) is 4.79 Å². The monoisotopic (exact) mass is 561 g/mol. The van der Waals surface area contributed by atoms with Gasteiger partial charge in [0.1, 0.15) is 6.61 Å². The number of hydrogen-bond donors (Lipinski definition) is 2. The van der Waals surface area contributed by atoms with Gasteiger partial charge >= 0.3 is 0 Å². The Bertz CT molecular complexity index is 1160. The van der Waals surface area contributed by atoms with Gasteiger partial charge in [-0.3, -0.25) is 4.79 Å². The van der Waals surface area contributed by atoms with E-state index < -0.39 is 0 Å². The second-order valence-corrected chi connectivity index (χ2v) is 10.2. The molecule has 0 bridgehead atoms. The van der Waals surface area contributed by atoms with Crippen LogP contribution >= 0.6 is 0 Å². The minimum absolute atomic E-state index is 0.168. The number of piperidine rings is 1. The molecular formula is C33H43N3O5. The van der Waals surface area contributed by atoms with Gasteiger partial charge in [0, 0.05) is 24.7 Å². The third-order valence-corrected chi connectivity index (χ3v) is 7.27. The summed E-state index contributed by atoms with van der Waals surface area (Å²) in [4.78, 5) is 15.3. The highest BCUT2D eigenvalue weighted by Crippen LogP contribution is 2.39. The molecule has 1 heterocycles. The molecule has 4 rings (SSSR count). The molecule has 0 spiro atoms. The fourth-order valence-corrected chi connectivity index (χ4v) is 4.90. The average Bonchev–Trinajstić information content (AvgIpc) is 3.03. The smallest absolute Gasteiger partial charge is 0.251 e. The molecular weight excluding hydrogens is 518 g/mol. The van der Waals surface area contributed by atoms with Gasteiger partial charge in [0.05, 0.1) is 27.4 Å².